The Morgan fingerprint density at radius 2 is 2.00 bits per heavy atom. The number of para-hydroxylation sites is 1. The van der Waals surface area contributed by atoms with Crippen LogP contribution >= 0.6 is 22.9 Å². The molecule has 0 radical (unpaired) electrons. The van der Waals surface area contributed by atoms with Crippen LogP contribution in [0.5, 0.6) is 0 Å². The van der Waals surface area contributed by atoms with E-state index >= 15 is 0 Å². The maximum absolute atomic E-state index is 5.96. The molecule has 1 heterocycles. The van der Waals surface area contributed by atoms with E-state index in [1.54, 1.807) is 17.4 Å². The zero-order chi connectivity index (χ0) is 12.5. The maximum atomic E-state index is 5.96. The Labute approximate surface area is 114 Å². The van der Waals surface area contributed by atoms with Gasteiger partial charge in [-0.05, 0) is 29.8 Å². The number of anilines is 1. The standard InChI is InChI=1S/C14H11ClN2S/c15-10-6-5-9(11(16)8-10)7-14-17-12-3-1-2-4-13(12)18-14/h1-6,8H,7,16H2. The van der Waals surface area contributed by atoms with E-state index in [2.05, 4.69) is 11.1 Å². The van der Waals surface area contributed by atoms with Gasteiger partial charge in [0.25, 0.3) is 0 Å². The third-order valence-electron chi connectivity index (χ3n) is 2.79. The zero-order valence-electron chi connectivity index (χ0n) is 9.56. The Morgan fingerprint density at radius 3 is 2.78 bits per heavy atom. The molecule has 0 spiro atoms. The largest absolute Gasteiger partial charge is 0.398 e. The van der Waals surface area contributed by atoms with Gasteiger partial charge in [0, 0.05) is 17.1 Å². The Morgan fingerprint density at radius 1 is 1.17 bits per heavy atom. The van der Waals surface area contributed by atoms with Crippen molar-refractivity contribution in [1.82, 2.24) is 4.98 Å². The summed E-state index contributed by atoms with van der Waals surface area (Å²) in [5, 5.41) is 1.74. The smallest absolute Gasteiger partial charge is 0.0983 e. The summed E-state index contributed by atoms with van der Waals surface area (Å²) in [4.78, 5) is 4.60. The number of nitrogen functional groups attached to an aromatic ring is 1. The molecule has 1 aromatic heterocycles. The summed E-state index contributed by atoms with van der Waals surface area (Å²) in [5.41, 5.74) is 8.79. The summed E-state index contributed by atoms with van der Waals surface area (Å²) in [7, 11) is 0. The molecule has 0 amide bonds. The lowest BCUT2D eigenvalue weighted by atomic mass is 10.1. The van der Waals surface area contributed by atoms with Crippen molar-refractivity contribution in [2.45, 2.75) is 6.42 Å². The fourth-order valence-corrected chi connectivity index (χ4v) is 3.06. The molecule has 0 fully saturated rings. The van der Waals surface area contributed by atoms with Crippen molar-refractivity contribution in [3.8, 4) is 0 Å². The average Bonchev–Trinajstić information content (AvgIpc) is 2.75. The number of fused-ring (bicyclic) bond motifs is 1. The van der Waals surface area contributed by atoms with Crippen LogP contribution in [0.4, 0.5) is 5.69 Å². The molecule has 0 aliphatic rings. The monoisotopic (exact) mass is 274 g/mol. The van der Waals surface area contributed by atoms with Gasteiger partial charge in [0.2, 0.25) is 0 Å². The van der Waals surface area contributed by atoms with E-state index in [-0.39, 0.29) is 0 Å². The van der Waals surface area contributed by atoms with Crippen molar-refractivity contribution in [1.29, 1.82) is 0 Å². The summed E-state index contributed by atoms with van der Waals surface area (Å²) in [6.45, 7) is 0. The van der Waals surface area contributed by atoms with E-state index in [0.717, 1.165) is 28.2 Å². The van der Waals surface area contributed by atoms with Crippen LogP contribution in [-0.2, 0) is 6.42 Å². The van der Waals surface area contributed by atoms with E-state index in [9.17, 15) is 0 Å². The molecule has 0 saturated heterocycles. The topological polar surface area (TPSA) is 38.9 Å². The highest BCUT2D eigenvalue weighted by Crippen LogP contribution is 2.26. The highest BCUT2D eigenvalue weighted by molar-refractivity contribution is 7.18. The Balaban J connectivity index is 1.96. The second kappa shape index (κ2) is 4.59. The summed E-state index contributed by atoms with van der Waals surface area (Å²) >= 11 is 7.60. The number of hydrogen-bond donors (Lipinski definition) is 1. The fraction of sp³-hybridized carbons (Fsp3) is 0.0714. The molecule has 3 aromatic rings. The van der Waals surface area contributed by atoms with Crippen molar-refractivity contribution in [2.24, 2.45) is 0 Å². The highest BCUT2D eigenvalue weighted by atomic mass is 35.5. The molecular weight excluding hydrogens is 264 g/mol. The molecule has 18 heavy (non-hydrogen) atoms. The third kappa shape index (κ3) is 2.19. The van der Waals surface area contributed by atoms with Gasteiger partial charge in [0.05, 0.1) is 15.2 Å². The minimum atomic E-state index is 0.667. The molecule has 0 aliphatic carbocycles. The number of benzene rings is 2. The molecule has 2 aromatic carbocycles. The van der Waals surface area contributed by atoms with E-state index in [0.29, 0.717) is 5.02 Å². The first-order valence-electron chi connectivity index (χ1n) is 5.61. The van der Waals surface area contributed by atoms with Gasteiger partial charge >= 0.3 is 0 Å². The summed E-state index contributed by atoms with van der Waals surface area (Å²) in [6.07, 6.45) is 0.752. The number of rotatable bonds is 2. The van der Waals surface area contributed by atoms with Crippen molar-refractivity contribution in [2.75, 3.05) is 5.73 Å². The average molecular weight is 275 g/mol. The first kappa shape index (κ1) is 11.5. The normalized spacial score (nSPS) is 10.9. The van der Waals surface area contributed by atoms with Crippen LogP contribution < -0.4 is 5.73 Å². The van der Waals surface area contributed by atoms with Gasteiger partial charge in [-0.3, -0.25) is 0 Å². The lowest BCUT2D eigenvalue weighted by Crippen LogP contribution is -1.95. The second-order valence-corrected chi connectivity index (χ2v) is 5.65. The Bertz CT molecular complexity index is 673. The lowest BCUT2D eigenvalue weighted by molar-refractivity contribution is 1.16. The number of thiazole rings is 1. The maximum Gasteiger partial charge on any atom is 0.0983 e. The van der Waals surface area contributed by atoms with Gasteiger partial charge in [-0.2, -0.15) is 0 Å². The van der Waals surface area contributed by atoms with Crippen LogP contribution in [-0.4, -0.2) is 4.98 Å². The van der Waals surface area contributed by atoms with Gasteiger partial charge in [-0.25, -0.2) is 4.98 Å². The first-order valence-corrected chi connectivity index (χ1v) is 6.80. The van der Waals surface area contributed by atoms with E-state index in [1.807, 2.05) is 30.3 Å². The number of nitrogens with two attached hydrogens (primary N) is 1. The lowest BCUT2D eigenvalue weighted by Gasteiger charge is -2.03. The SMILES string of the molecule is Nc1cc(Cl)ccc1Cc1nc2ccccc2s1. The third-order valence-corrected chi connectivity index (χ3v) is 4.06. The van der Waals surface area contributed by atoms with Crippen LogP contribution in [0.25, 0.3) is 10.2 Å². The van der Waals surface area contributed by atoms with Crippen LogP contribution in [0.2, 0.25) is 5.02 Å². The zero-order valence-corrected chi connectivity index (χ0v) is 11.1. The van der Waals surface area contributed by atoms with Crippen LogP contribution in [0.3, 0.4) is 0 Å². The van der Waals surface area contributed by atoms with E-state index in [4.69, 9.17) is 17.3 Å². The van der Waals surface area contributed by atoms with Gasteiger partial charge in [0.1, 0.15) is 0 Å². The number of halogens is 1. The molecule has 90 valence electrons. The van der Waals surface area contributed by atoms with E-state index < -0.39 is 0 Å². The van der Waals surface area contributed by atoms with Gasteiger partial charge in [-0.15, -0.1) is 11.3 Å². The molecule has 3 rings (SSSR count). The number of nitrogens with zero attached hydrogens (tertiary/aromatic N) is 1. The second-order valence-electron chi connectivity index (χ2n) is 4.10. The molecular formula is C14H11ClN2S. The van der Waals surface area contributed by atoms with Crippen LogP contribution in [0.15, 0.2) is 42.5 Å². The van der Waals surface area contributed by atoms with E-state index in [1.165, 1.54) is 4.70 Å². The van der Waals surface area contributed by atoms with Crippen molar-refractivity contribution in [3.63, 3.8) is 0 Å². The quantitative estimate of drug-likeness (QED) is 0.714. The van der Waals surface area contributed by atoms with Crippen molar-refractivity contribution >= 4 is 38.8 Å². The fourth-order valence-electron chi connectivity index (χ4n) is 1.89. The molecule has 2 N–H and O–H groups in total. The molecule has 4 heteroatoms. The Hall–Kier alpha value is -1.58. The molecule has 0 unspecified atom stereocenters. The predicted octanol–water partition coefficient (Wildman–Crippen LogP) is 4.12. The van der Waals surface area contributed by atoms with Crippen molar-refractivity contribution in [3.05, 3.63) is 58.1 Å². The summed E-state index contributed by atoms with van der Waals surface area (Å²) in [5.74, 6) is 0. The molecule has 0 atom stereocenters. The minimum Gasteiger partial charge on any atom is -0.398 e. The minimum absolute atomic E-state index is 0.667. The summed E-state index contributed by atoms with van der Waals surface area (Å²) in [6, 6.07) is 13.8. The van der Waals surface area contributed by atoms with Gasteiger partial charge in [-0.1, -0.05) is 29.8 Å². The number of hydrogen-bond acceptors (Lipinski definition) is 3. The number of aromatic nitrogens is 1. The molecule has 0 aliphatic heterocycles. The molecule has 0 bridgehead atoms. The van der Waals surface area contributed by atoms with Crippen molar-refractivity contribution < 1.29 is 0 Å². The molecule has 2 nitrogen and oxygen atoms in total. The van der Waals surface area contributed by atoms with Crippen LogP contribution in [0, 0.1) is 0 Å². The highest BCUT2D eigenvalue weighted by Gasteiger charge is 2.06. The van der Waals surface area contributed by atoms with Crippen LogP contribution in [0.1, 0.15) is 10.6 Å². The molecule has 0 saturated carbocycles. The first-order chi connectivity index (χ1) is 8.72. The summed E-state index contributed by atoms with van der Waals surface area (Å²) < 4.78 is 1.21. The van der Waals surface area contributed by atoms with Gasteiger partial charge in [0.15, 0.2) is 0 Å². The van der Waals surface area contributed by atoms with Gasteiger partial charge < -0.3 is 5.73 Å². The predicted molar refractivity (Wildman–Crippen MR) is 78.3 cm³/mol. The Kier molecular flexibility index (Phi) is 2.94.